The molecule has 0 unspecified atom stereocenters. The van der Waals surface area contributed by atoms with E-state index in [0.29, 0.717) is 0 Å². The number of rotatable bonds is 4. The highest BCUT2D eigenvalue weighted by Gasteiger charge is 2.29. The lowest BCUT2D eigenvalue weighted by molar-refractivity contribution is -0.121. The van der Waals surface area contributed by atoms with E-state index in [-0.39, 0.29) is 23.6 Å². The molecule has 1 aromatic heterocycles. The predicted molar refractivity (Wildman–Crippen MR) is 121 cm³/mol. The fourth-order valence-electron chi connectivity index (χ4n) is 4.16. The summed E-state index contributed by atoms with van der Waals surface area (Å²) >= 11 is 3.50. The van der Waals surface area contributed by atoms with E-state index in [1.165, 1.54) is 0 Å². The summed E-state index contributed by atoms with van der Waals surface area (Å²) in [6, 6.07) is 13.8. The minimum Gasteiger partial charge on any atom is -0.378 e. The van der Waals surface area contributed by atoms with E-state index in [1.54, 1.807) is 0 Å². The molecule has 0 radical (unpaired) electrons. The number of halogens is 1. The number of amides is 1. The summed E-state index contributed by atoms with van der Waals surface area (Å²) in [5, 5.41) is 3.04. The Hall–Kier alpha value is -2.54. The molecule has 2 N–H and O–H groups in total. The molecule has 4 rings (SSSR count). The minimum atomic E-state index is -0.0826. The van der Waals surface area contributed by atoms with Crippen LogP contribution in [-0.4, -0.2) is 29.6 Å². The first kappa shape index (κ1) is 19.8. The lowest BCUT2D eigenvalue weighted by Gasteiger charge is -2.28. The van der Waals surface area contributed by atoms with E-state index in [4.69, 9.17) is 0 Å². The highest BCUT2D eigenvalue weighted by Crippen LogP contribution is 2.34. The van der Waals surface area contributed by atoms with Crippen molar-refractivity contribution in [3.63, 3.8) is 0 Å². The van der Waals surface area contributed by atoms with Gasteiger partial charge in [-0.15, -0.1) is 0 Å². The number of aromatic nitrogens is 2. The number of anilines is 2. The van der Waals surface area contributed by atoms with Crippen molar-refractivity contribution in [2.45, 2.75) is 31.7 Å². The molecule has 29 heavy (non-hydrogen) atoms. The van der Waals surface area contributed by atoms with Gasteiger partial charge in [0.05, 0.1) is 11.0 Å². The van der Waals surface area contributed by atoms with E-state index in [1.807, 2.05) is 66.0 Å². The topological polar surface area (TPSA) is 70.1 Å². The second-order valence-electron chi connectivity index (χ2n) is 7.87. The Kier molecular flexibility index (Phi) is 5.50. The summed E-state index contributed by atoms with van der Waals surface area (Å²) in [5.74, 6) is 0.0440. The van der Waals surface area contributed by atoms with Crippen LogP contribution in [0.3, 0.4) is 0 Å². The molecular formula is C22H25BrN4O2. The van der Waals surface area contributed by atoms with Gasteiger partial charge in [-0.3, -0.25) is 9.36 Å². The number of para-hydroxylation sites is 1. The molecule has 1 heterocycles. The highest BCUT2D eigenvalue weighted by atomic mass is 79.9. The highest BCUT2D eigenvalue weighted by molar-refractivity contribution is 9.10. The van der Waals surface area contributed by atoms with Gasteiger partial charge in [0.1, 0.15) is 0 Å². The smallest absolute Gasteiger partial charge is 0.326 e. The van der Waals surface area contributed by atoms with Crippen molar-refractivity contribution in [3.05, 3.63) is 57.4 Å². The van der Waals surface area contributed by atoms with Crippen LogP contribution < -0.4 is 15.9 Å². The van der Waals surface area contributed by atoms with Gasteiger partial charge in [-0.25, -0.2) is 4.79 Å². The normalized spacial score (nSPS) is 19.3. The van der Waals surface area contributed by atoms with Crippen LogP contribution >= 0.6 is 15.9 Å². The maximum atomic E-state index is 12.7. The largest absolute Gasteiger partial charge is 0.378 e. The van der Waals surface area contributed by atoms with Gasteiger partial charge in [-0.2, -0.15) is 0 Å². The lowest BCUT2D eigenvalue weighted by atomic mass is 9.85. The second kappa shape index (κ2) is 8.06. The number of imidazole rings is 1. The zero-order chi connectivity index (χ0) is 20.5. The molecule has 0 spiro atoms. The molecule has 7 heteroatoms. The van der Waals surface area contributed by atoms with E-state index in [0.717, 1.165) is 52.6 Å². The average Bonchev–Trinajstić information content (AvgIpc) is 3.06. The van der Waals surface area contributed by atoms with Gasteiger partial charge in [-0.1, -0.05) is 6.07 Å². The molecule has 0 bridgehead atoms. The van der Waals surface area contributed by atoms with Gasteiger partial charge in [0.25, 0.3) is 0 Å². The molecule has 0 aliphatic heterocycles. The molecule has 1 fully saturated rings. The molecule has 1 saturated carbocycles. The Balaban J connectivity index is 1.42. The molecule has 6 nitrogen and oxygen atoms in total. The van der Waals surface area contributed by atoms with Gasteiger partial charge in [0, 0.05) is 41.9 Å². The molecule has 152 valence electrons. The van der Waals surface area contributed by atoms with Crippen molar-refractivity contribution in [2.75, 3.05) is 24.3 Å². The number of H-pyrrole nitrogens is 1. The standard InChI is InChI=1S/C22H25BrN4O2/c1-26(2)16-12-8-15(9-13-16)24-21(28)14-6-10-17(11-7-14)27-19-5-3-4-18(23)20(19)25-22(27)29/h3-5,8-9,12-14,17H,6-7,10-11H2,1-2H3,(H,24,28)(H,25,29). The molecule has 1 aliphatic rings. The number of hydrogen-bond donors (Lipinski definition) is 2. The summed E-state index contributed by atoms with van der Waals surface area (Å²) in [7, 11) is 3.98. The van der Waals surface area contributed by atoms with Crippen LogP contribution in [0.25, 0.3) is 11.0 Å². The summed E-state index contributed by atoms with van der Waals surface area (Å²) in [6.45, 7) is 0. The number of nitrogens with zero attached hydrogens (tertiary/aromatic N) is 2. The van der Waals surface area contributed by atoms with Crippen LogP contribution in [0.4, 0.5) is 11.4 Å². The van der Waals surface area contributed by atoms with E-state index >= 15 is 0 Å². The molecule has 0 atom stereocenters. The van der Waals surface area contributed by atoms with Crippen LogP contribution in [0.1, 0.15) is 31.7 Å². The quantitative estimate of drug-likeness (QED) is 0.605. The molecule has 3 aromatic rings. The number of aromatic amines is 1. The SMILES string of the molecule is CN(C)c1ccc(NC(=O)C2CCC(n3c(=O)[nH]c4c(Br)cccc43)CC2)cc1. The first-order chi connectivity index (χ1) is 13.9. The Morgan fingerprint density at radius 3 is 2.45 bits per heavy atom. The monoisotopic (exact) mass is 456 g/mol. The Bertz CT molecular complexity index is 1080. The number of benzene rings is 2. The van der Waals surface area contributed by atoms with Gasteiger partial charge >= 0.3 is 5.69 Å². The van der Waals surface area contributed by atoms with Crippen molar-refractivity contribution < 1.29 is 4.79 Å². The first-order valence-corrected chi connectivity index (χ1v) is 10.7. The van der Waals surface area contributed by atoms with Gasteiger partial charge in [0.15, 0.2) is 0 Å². The van der Waals surface area contributed by atoms with Crippen molar-refractivity contribution in [1.82, 2.24) is 9.55 Å². The molecule has 0 saturated heterocycles. The Morgan fingerprint density at radius 2 is 1.79 bits per heavy atom. The maximum Gasteiger partial charge on any atom is 0.326 e. The average molecular weight is 457 g/mol. The number of fused-ring (bicyclic) bond motifs is 1. The summed E-state index contributed by atoms with van der Waals surface area (Å²) in [4.78, 5) is 30.2. The van der Waals surface area contributed by atoms with Gasteiger partial charge < -0.3 is 15.2 Å². The van der Waals surface area contributed by atoms with Crippen LogP contribution in [0.5, 0.6) is 0 Å². The van der Waals surface area contributed by atoms with E-state index in [2.05, 4.69) is 26.2 Å². The number of carbonyl (C=O) groups is 1. The van der Waals surface area contributed by atoms with Gasteiger partial charge in [-0.05, 0) is 78.0 Å². The van der Waals surface area contributed by atoms with Crippen LogP contribution in [0.15, 0.2) is 51.7 Å². The zero-order valence-corrected chi connectivity index (χ0v) is 18.2. The Labute approximate surface area is 178 Å². The summed E-state index contributed by atoms with van der Waals surface area (Å²) in [5.41, 5.74) is 3.58. The van der Waals surface area contributed by atoms with Crippen LogP contribution in [-0.2, 0) is 4.79 Å². The van der Waals surface area contributed by atoms with Crippen molar-refractivity contribution in [3.8, 4) is 0 Å². The third-order valence-electron chi connectivity index (χ3n) is 5.79. The van der Waals surface area contributed by atoms with Crippen LogP contribution in [0.2, 0.25) is 0 Å². The lowest BCUT2D eigenvalue weighted by Crippen LogP contribution is -2.31. The predicted octanol–water partition coefficient (Wildman–Crippen LogP) is 4.53. The number of hydrogen-bond acceptors (Lipinski definition) is 3. The van der Waals surface area contributed by atoms with Gasteiger partial charge in [0.2, 0.25) is 5.91 Å². The van der Waals surface area contributed by atoms with Crippen molar-refractivity contribution in [2.24, 2.45) is 5.92 Å². The maximum absolute atomic E-state index is 12.7. The number of nitrogens with one attached hydrogen (secondary N) is 2. The third-order valence-corrected chi connectivity index (χ3v) is 6.45. The number of carbonyl (C=O) groups excluding carboxylic acids is 1. The molecule has 1 amide bonds. The van der Waals surface area contributed by atoms with E-state index < -0.39 is 0 Å². The second-order valence-corrected chi connectivity index (χ2v) is 8.72. The fraction of sp³-hybridized carbons (Fsp3) is 0.364. The summed E-state index contributed by atoms with van der Waals surface area (Å²) in [6.07, 6.45) is 3.19. The third kappa shape index (κ3) is 3.96. The van der Waals surface area contributed by atoms with E-state index in [9.17, 15) is 9.59 Å². The zero-order valence-electron chi connectivity index (χ0n) is 16.6. The molecule has 1 aliphatic carbocycles. The minimum absolute atomic E-state index is 0.0209. The molecular weight excluding hydrogens is 432 g/mol. The fourth-order valence-corrected chi connectivity index (χ4v) is 4.61. The molecule has 2 aromatic carbocycles. The summed E-state index contributed by atoms with van der Waals surface area (Å²) < 4.78 is 2.74. The van der Waals surface area contributed by atoms with Crippen LogP contribution in [0, 0.1) is 5.92 Å². The van der Waals surface area contributed by atoms with Crippen molar-refractivity contribution >= 4 is 44.2 Å². The first-order valence-electron chi connectivity index (χ1n) is 9.91. The Morgan fingerprint density at radius 1 is 1.10 bits per heavy atom. The van der Waals surface area contributed by atoms with Crippen molar-refractivity contribution in [1.29, 1.82) is 0 Å².